The SMILES string of the molecule is COc1cccc([C@H](CNCc2ccsc2)c2c[nH]c3ccccc23)c1OC. The molecule has 0 aliphatic heterocycles. The van der Waals surface area contributed by atoms with Gasteiger partial charge >= 0.3 is 0 Å². The summed E-state index contributed by atoms with van der Waals surface area (Å²) in [6.45, 7) is 1.63. The first-order valence-corrected chi connectivity index (χ1v) is 10.2. The highest BCUT2D eigenvalue weighted by molar-refractivity contribution is 7.07. The molecule has 0 unspecified atom stereocenters. The summed E-state index contributed by atoms with van der Waals surface area (Å²) in [6.07, 6.45) is 2.11. The second-order valence-electron chi connectivity index (χ2n) is 6.69. The molecule has 2 heterocycles. The van der Waals surface area contributed by atoms with Gasteiger partial charge in [-0.05, 0) is 40.1 Å². The first kappa shape index (κ1) is 18.6. The second kappa shape index (κ2) is 8.50. The molecule has 1 atom stereocenters. The topological polar surface area (TPSA) is 46.3 Å². The minimum absolute atomic E-state index is 0.125. The molecule has 0 aliphatic carbocycles. The number of methoxy groups -OCH3 is 2. The number of nitrogens with one attached hydrogen (secondary N) is 2. The van der Waals surface area contributed by atoms with E-state index in [0.717, 1.165) is 35.7 Å². The van der Waals surface area contributed by atoms with Crippen LogP contribution in [-0.2, 0) is 6.54 Å². The van der Waals surface area contributed by atoms with E-state index < -0.39 is 0 Å². The van der Waals surface area contributed by atoms with Crippen LogP contribution in [-0.4, -0.2) is 25.7 Å². The summed E-state index contributed by atoms with van der Waals surface area (Å²) >= 11 is 1.72. The summed E-state index contributed by atoms with van der Waals surface area (Å²) in [5.74, 6) is 1.67. The van der Waals surface area contributed by atoms with Crippen LogP contribution in [0.4, 0.5) is 0 Å². The van der Waals surface area contributed by atoms with Gasteiger partial charge in [0.1, 0.15) is 0 Å². The summed E-state index contributed by atoms with van der Waals surface area (Å²) in [7, 11) is 3.38. The van der Waals surface area contributed by atoms with Crippen molar-refractivity contribution in [3.05, 3.63) is 82.2 Å². The van der Waals surface area contributed by atoms with E-state index in [9.17, 15) is 0 Å². The Morgan fingerprint density at radius 3 is 2.68 bits per heavy atom. The van der Waals surface area contributed by atoms with E-state index >= 15 is 0 Å². The first-order valence-electron chi connectivity index (χ1n) is 9.30. The third kappa shape index (κ3) is 3.63. The molecular weight excluding hydrogens is 368 g/mol. The van der Waals surface area contributed by atoms with E-state index in [4.69, 9.17) is 9.47 Å². The smallest absolute Gasteiger partial charge is 0.164 e. The van der Waals surface area contributed by atoms with Gasteiger partial charge in [-0.3, -0.25) is 0 Å². The fourth-order valence-corrected chi connectivity index (χ4v) is 4.38. The number of aromatic nitrogens is 1. The van der Waals surface area contributed by atoms with Gasteiger partial charge < -0.3 is 19.8 Å². The van der Waals surface area contributed by atoms with E-state index in [0.29, 0.717) is 0 Å². The zero-order valence-corrected chi connectivity index (χ0v) is 16.9. The molecule has 0 amide bonds. The Kier molecular flexibility index (Phi) is 5.65. The molecule has 2 aromatic heterocycles. The number of hydrogen-bond acceptors (Lipinski definition) is 4. The van der Waals surface area contributed by atoms with Crippen molar-refractivity contribution < 1.29 is 9.47 Å². The fraction of sp³-hybridized carbons (Fsp3) is 0.217. The maximum atomic E-state index is 5.75. The minimum atomic E-state index is 0.125. The van der Waals surface area contributed by atoms with Crippen molar-refractivity contribution in [3.8, 4) is 11.5 Å². The van der Waals surface area contributed by atoms with E-state index in [2.05, 4.69) is 63.7 Å². The number of hydrogen-bond donors (Lipinski definition) is 2. The van der Waals surface area contributed by atoms with E-state index in [1.807, 2.05) is 12.1 Å². The van der Waals surface area contributed by atoms with Crippen LogP contribution in [0.1, 0.15) is 22.6 Å². The van der Waals surface area contributed by atoms with Crippen LogP contribution in [0.25, 0.3) is 10.9 Å². The molecule has 0 bridgehead atoms. The lowest BCUT2D eigenvalue weighted by Crippen LogP contribution is -2.22. The summed E-state index contributed by atoms with van der Waals surface area (Å²) in [6, 6.07) is 16.7. The molecule has 0 aliphatic rings. The monoisotopic (exact) mass is 392 g/mol. The molecule has 2 aromatic carbocycles. The number of ether oxygens (including phenoxy) is 2. The van der Waals surface area contributed by atoms with E-state index in [1.54, 1.807) is 25.6 Å². The van der Waals surface area contributed by atoms with Crippen LogP contribution in [0, 0.1) is 0 Å². The van der Waals surface area contributed by atoms with Crippen molar-refractivity contribution >= 4 is 22.2 Å². The molecule has 0 saturated heterocycles. The molecule has 28 heavy (non-hydrogen) atoms. The Morgan fingerprint density at radius 2 is 1.89 bits per heavy atom. The molecule has 0 radical (unpaired) electrons. The van der Waals surface area contributed by atoms with Gasteiger partial charge in [-0.15, -0.1) is 0 Å². The third-order valence-corrected chi connectivity index (χ3v) is 5.80. The van der Waals surface area contributed by atoms with Crippen LogP contribution >= 0.6 is 11.3 Å². The zero-order valence-electron chi connectivity index (χ0n) is 16.1. The van der Waals surface area contributed by atoms with Gasteiger partial charge in [0.25, 0.3) is 0 Å². The molecule has 2 N–H and O–H groups in total. The van der Waals surface area contributed by atoms with Gasteiger partial charge in [-0.25, -0.2) is 0 Å². The average Bonchev–Trinajstić information content (AvgIpc) is 3.40. The highest BCUT2D eigenvalue weighted by Crippen LogP contribution is 2.40. The largest absolute Gasteiger partial charge is 0.493 e. The number of para-hydroxylation sites is 2. The highest BCUT2D eigenvalue weighted by Gasteiger charge is 2.23. The first-order chi connectivity index (χ1) is 13.8. The molecular formula is C23H24N2O2S. The minimum Gasteiger partial charge on any atom is -0.493 e. The number of H-pyrrole nitrogens is 1. The van der Waals surface area contributed by atoms with E-state index in [-0.39, 0.29) is 5.92 Å². The molecule has 5 heteroatoms. The normalized spacial score (nSPS) is 12.2. The number of thiophene rings is 1. The summed E-state index contributed by atoms with van der Waals surface area (Å²) in [5, 5.41) is 9.15. The number of aromatic amines is 1. The lowest BCUT2D eigenvalue weighted by molar-refractivity contribution is 0.350. The average molecular weight is 393 g/mol. The fourth-order valence-electron chi connectivity index (χ4n) is 3.71. The maximum Gasteiger partial charge on any atom is 0.164 e. The lowest BCUT2D eigenvalue weighted by Gasteiger charge is -2.22. The van der Waals surface area contributed by atoms with Crippen molar-refractivity contribution in [2.45, 2.75) is 12.5 Å². The quantitative estimate of drug-likeness (QED) is 0.435. The number of fused-ring (bicyclic) bond motifs is 1. The van der Waals surface area contributed by atoms with Crippen LogP contribution in [0.5, 0.6) is 11.5 Å². The van der Waals surface area contributed by atoms with Crippen LogP contribution in [0.3, 0.4) is 0 Å². The van der Waals surface area contributed by atoms with Gasteiger partial charge in [0.15, 0.2) is 11.5 Å². The van der Waals surface area contributed by atoms with Gasteiger partial charge in [0, 0.05) is 41.7 Å². The third-order valence-electron chi connectivity index (χ3n) is 5.06. The molecule has 4 aromatic rings. The number of benzene rings is 2. The lowest BCUT2D eigenvalue weighted by atomic mass is 9.89. The Bertz CT molecular complexity index is 1040. The standard InChI is InChI=1S/C23H24N2O2S/c1-26-22-9-5-7-18(23(22)27-2)19(13-24-12-16-10-11-28-15-16)20-14-25-21-8-4-3-6-17(20)21/h3-11,14-15,19,24-25H,12-13H2,1-2H3/t19-/m0/s1. The predicted molar refractivity (Wildman–Crippen MR) is 116 cm³/mol. The molecule has 4 nitrogen and oxygen atoms in total. The number of rotatable bonds is 8. The maximum absolute atomic E-state index is 5.75. The van der Waals surface area contributed by atoms with Crippen molar-refractivity contribution in [2.75, 3.05) is 20.8 Å². The van der Waals surface area contributed by atoms with Crippen molar-refractivity contribution in [1.82, 2.24) is 10.3 Å². The van der Waals surface area contributed by atoms with Gasteiger partial charge in [-0.2, -0.15) is 11.3 Å². The molecule has 0 fully saturated rings. The Hall–Kier alpha value is -2.76. The molecule has 0 spiro atoms. The van der Waals surface area contributed by atoms with Crippen LogP contribution in [0.2, 0.25) is 0 Å². The second-order valence-corrected chi connectivity index (χ2v) is 7.47. The Labute approximate surface area is 169 Å². The van der Waals surface area contributed by atoms with E-state index in [1.165, 1.54) is 16.5 Å². The van der Waals surface area contributed by atoms with Crippen molar-refractivity contribution in [1.29, 1.82) is 0 Å². The highest BCUT2D eigenvalue weighted by atomic mass is 32.1. The molecule has 144 valence electrons. The predicted octanol–water partition coefficient (Wildman–Crippen LogP) is 5.17. The zero-order chi connectivity index (χ0) is 19.3. The van der Waals surface area contributed by atoms with Crippen LogP contribution < -0.4 is 14.8 Å². The Balaban J connectivity index is 1.73. The van der Waals surface area contributed by atoms with Gasteiger partial charge in [0.2, 0.25) is 0 Å². The summed E-state index contributed by atoms with van der Waals surface area (Å²) in [4.78, 5) is 3.41. The van der Waals surface area contributed by atoms with Crippen molar-refractivity contribution in [3.63, 3.8) is 0 Å². The molecule has 0 saturated carbocycles. The summed E-state index contributed by atoms with van der Waals surface area (Å²) < 4.78 is 11.3. The summed E-state index contributed by atoms with van der Waals surface area (Å²) in [5.41, 5.74) is 4.81. The Morgan fingerprint density at radius 1 is 1.00 bits per heavy atom. The van der Waals surface area contributed by atoms with Gasteiger partial charge in [-0.1, -0.05) is 30.3 Å². The van der Waals surface area contributed by atoms with Crippen LogP contribution in [0.15, 0.2) is 65.5 Å². The molecule has 4 rings (SSSR count). The van der Waals surface area contributed by atoms with Crippen molar-refractivity contribution in [2.24, 2.45) is 0 Å². The van der Waals surface area contributed by atoms with Gasteiger partial charge in [0.05, 0.1) is 14.2 Å².